The molecule has 6 nitrogen and oxygen atoms in total. The van der Waals surface area contributed by atoms with Gasteiger partial charge in [-0.15, -0.1) is 0 Å². The van der Waals surface area contributed by atoms with Crippen LogP contribution in [0, 0.1) is 17.7 Å². The second-order valence-electron chi connectivity index (χ2n) is 11.6. The van der Waals surface area contributed by atoms with Crippen LogP contribution in [0.1, 0.15) is 73.3 Å². The Bertz CT molecular complexity index is 1400. The molecule has 0 bridgehead atoms. The van der Waals surface area contributed by atoms with Crippen LogP contribution in [0.4, 0.5) is 4.39 Å². The molecule has 6 rings (SSSR count). The summed E-state index contributed by atoms with van der Waals surface area (Å²) in [5.74, 6) is 0.124. The molecule has 3 atom stereocenters. The highest BCUT2D eigenvalue weighted by molar-refractivity contribution is 5.71. The molecule has 2 fully saturated rings. The van der Waals surface area contributed by atoms with E-state index in [0.29, 0.717) is 17.4 Å². The summed E-state index contributed by atoms with van der Waals surface area (Å²) in [5.41, 5.74) is 5.71. The van der Waals surface area contributed by atoms with E-state index >= 15 is 0 Å². The molecule has 1 saturated carbocycles. The van der Waals surface area contributed by atoms with E-state index in [1.807, 2.05) is 19.1 Å². The van der Waals surface area contributed by atoms with E-state index in [1.165, 1.54) is 26.1 Å². The smallest absolute Gasteiger partial charge is 0.306 e. The van der Waals surface area contributed by atoms with Crippen molar-refractivity contribution < 1.29 is 23.8 Å². The van der Waals surface area contributed by atoms with E-state index in [9.17, 15) is 14.3 Å². The topological polar surface area (TPSA) is 71.9 Å². The number of carboxylic acids is 1. The average molecular weight is 545 g/mol. The lowest BCUT2D eigenvalue weighted by atomic mass is 9.82. The quantitative estimate of drug-likeness (QED) is 0.320. The van der Waals surface area contributed by atoms with Gasteiger partial charge in [-0.2, -0.15) is 0 Å². The van der Waals surface area contributed by atoms with Gasteiger partial charge >= 0.3 is 5.97 Å². The van der Waals surface area contributed by atoms with Crippen molar-refractivity contribution in [2.75, 3.05) is 20.2 Å². The molecule has 210 valence electrons. The van der Waals surface area contributed by atoms with Crippen LogP contribution in [0.5, 0.6) is 11.6 Å². The SMILES string of the molecule is COc1cc(-c2ccc(C3CCc4ccc([C@H](C5CC5)[C@H](C)C(=O)O)cc4O3)cc2CN2CCCC2)c(F)cn1. The molecule has 1 saturated heterocycles. The number of nitrogens with zero attached hydrogens (tertiary/aromatic N) is 2. The molecule has 40 heavy (non-hydrogen) atoms. The highest BCUT2D eigenvalue weighted by Gasteiger charge is 2.39. The van der Waals surface area contributed by atoms with Gasteiger partial charge in [0.15, 0.2) is 0 Å². The fourth-order valence-electron chi connectivity index (χ4n) is 6.53. The molecule has 1 N–H and O–H groups in total. The van der Waals surface area contributed by atoms with Crippen molar-refractivity contribution in [1.29, 1.82) is 0 Å². The standard InChI is InChI=1S/C33H37FN2O4/c1-20(33(37)38)32(22-6-7-22)24-8-5-21-10-12-29(40-30(21)16-24)23-9-11-26(25(15-23)19-36-13-3-4-14-36)27-17-31(39-2)35-18-28(27)34/h5,8-9,11,15-18,20,22,29,32H,3-4,6-7,10,12-14,19H2,1-2H3,(H,37,38)/t20-,29?,32-/m0/s1. The van der Waals surface area contributed by atoms with Gasteiger partial charge in [-0.1, -0.05) is 37.3 Å². The number of carbonyl (C=O) groups is 1. The summed E-state index contributed by atoms with van der Waals surface area (Å²) in [6.45, 7) is 4.65. The number of pyridine rings is 1. The van der Waals surface area contributed by atoms with Crippen molar-refractivity contribution in [1.82, 2.24) is 9.88 Å². The molecule has 0 amide bonds. The fraction of sp³-hybridized carbons (Fsp3) is 0.455. The lowest BCUT2D eigenvalue weighted by molar-refractivity contribution is -0.142. The monoisotopic (exact) mass is 544 g/mol. The Morgan fingerprint density at radius 1 is 1.12 bits per heavy atom. The van der Waals surface area contributed by atoms with Crippen LogP contribution in [-0.4, -0.2) is 41.2 Å². The van der Waals surface area contributed by atoms with Crippen LogP contribution < -0.4 is 9.47 Å². The van der Waals surface area contributed by atoms with Gasteiger partial charge in [0, 0.05) is 18.2 Å². The number of rotatable bonds is 9. The van der Waals surface area contributed by atoms with Crippen molar-refractivity contribution in [2.45, 2.75) is 64.0 Å². The largest absolute Gasteiger partial charge is 0.485 e. The van der Waals surface area contributed by atoms with Crippen LogP contribution in [0.2, 0.25) is 0 Å². The molecule has 1 unspecified atom stereocenters. The molecule has 2 aliphatic heterocycles. The zero-order valence-corrected chi connectivity index (χ0v) is 23.2. The summed E-state index contributed by atoms with van der Waals surface area (Å²) in [6.07, 6.45) is 7.37. The van der Waals surface area contributed by atoms with Crippen LogP contribution in [0.25, 0.3) is 11.1 Å². The van der Waals surface area contributed by atoms with Gasteiger partial charge in [0.25, 0.3) is 0 Å². The second kappa shape index (κ2) is 11.2. The summed E-state index contributed by atoms with van der Waals surface area (Å²) >= 11 is 0. The van der Waals surface area contributed by atoms with E-state index in [4.69, 9.17) is 9.47 Å². The van der Waals surface area contributed by atoms with Gasteiger partial charge < -0.3 is 14.6 Å². The number of carboxylic acid groups (broad SMARTS) is 1. The number of hydrogen-bond donors (Lipinski definition) is 1. The maximum Gasteiger partial charge on any atom is 0.306 e. The molecule has 3 aliphatic rings. The number of ether oxygens (including phenoxy) is 2. The Morgan fingerprint density at radius 3 is 2.65 bits per heavy atom. The number of aromatic nitrogens is 1. The molecule has 2 aromatic carbocycles. The number of hydrogen-bond acceptors (Lipinski definition) is 5. The Labute approximate surface area is 235 Å². The summed E-state index contributed by atoms with van der Waals surface area (Å²) in [7, 11) is 1.54. The predicted molar refractivity (Wildman–Crippen MR) is 151 cm³/mol. The molecule has 3 heterocycles. The van der Waals surface area contributed by atoms with Crippen LogP contribution in [-0.2, 0) is 17.8 Å². The van der Waals surface area contributed by atoms with Crippen LogP contribution >= 0.6 is 0 Å². The fourth-order valence-corrected chi connectivity index (χ4v) is 6.53. The number of likely N-dealkylation sites (tertiary alicyclic amines) is 1. The predicted octanol–water partition coefficient (Wildman–Crippen LogP) is 6.77. The van der Waals surface area contributed by atoms with Gasteiger partial charge in [0.2, 0.25) is 5.88 Å². The van der Waals surface area contributed by atoms with Gasteiger partial charge in [0.05, 0.1) is 19.2 Å². The minimum absolute atomic E-state index is 0.00498. The first-order valence-corrected chi connectivity index (χ1v) is 14.5. The third-order valence-corrected chi connectivity index (χ3v) is 8.90. The molecule has 0 radical (unpaired) electrons. The number of methoxy groups -OCH3 is 1. The van der Waals surface area contributed by atoms with Gasteiger partial charge in [-0.3, -0.25) is 9.69 Å². The van der Waals surface area contributed by atoms with Gasteiger partial charge in [0.1, 0.15) is 17.7 Å². The Kier molecular flexibility index (Phi) is 7.49. The van der Waals surface area contributed by atoms with Crippen molar-refractivity contribution in [2.24, 2.45) is 11.8 Å². The lowest BCUT2D eigenvalue weighted by Gasteiger charge is -2.29. The first-order chi connectivity index (χ1) is 19.4. The van der Waals surface area contributed by atoms with Crippen LogP contribution in [0.3, 0.4) is 0 Å². The summed E-state index contributed by atoms with van der Waals surface area (Å²) < 4.78 is 26.9. The van der Waals surface area contributed by atoms with Crippen molar-refractivity contribution in [3.8, 4) is 22.8 Å². The second-order valence-corrected chi connectivity index (χ2v) is 11.6. The summed E-state index contributed by atoms with van der Waals surface area (Å²) in [6, 6.07) is 14.2. The molecule has 1 aromatic heterocycles. The molecule has 1 aliphatic carbocycles. The van der Waals surface area contributed by atoms with Crippen molar-refractivity contribution in [3.63, 3.8) is 0 Å². The lowest BCUT2D eigenvalue weighted by Crippen LogP contribution is -2.22. The Hall–Kier alpha value is -3.45. The highest BCUT2D eigenvalue weighted by atomic mass is 19.1. The first kappa shape index (κ1) is 26.8. The third kappa shape index (κ3) is 5.44. The summed E-state index contributed by atoms with van der Waals surface area (Å²) in [5, 5.41) is 9.73. The van der Waals surface area contributed by atoms with E-state index in [1.54, 1.807) is 6.07 Å². The normalized spacial score (nSPS) is 20.4. The summed E-state index contributed by atoms with van der Waals surface area (Å²) in [4.78, 5) is 18.3. The van der Waals surface area contributed by atoms with Crippen molar-refractivity contribution in [3.05, 3.63) is 76.7 Å². The maximum absolute atomic E-state index is 15.0. The number of aliphatic carboxylic acids is 1. The molecular formula is C33H37FN2O4. The van der Waals surface area contributed by atoms with Crippen molar-refractivity contribution >= 4 is 5.97 Å². The minimum atomic E-state index is -0.748. The Morgan fingerprint density at radius 2 is 1.93 bits per heavy atom. The average Bonchev–Trinajstić information content (AvgIpc) is 3.67. The van der Waals surface area contributed by atoms with E-state index in [0.717, 1.165) is 78.9 Å². The number of aryl methyl sites for hydroxylation is 1. The number of benzene rings is 2. The Balaban J connectivity index is 1.31. The van der Waals surface area contributed by atoms with E-state index < -0.39 is 11.9 Å². The maximum atomic E-state index is 15.0. The molecule has 0 spiro atoms. The molecule has 3 aromatic rings. The van der Waals surface area contributed by atoms with E-state index in [2.05, 4.69) is 34.1 Å². The molecular weight excluding hydrogens is 507 g/mol. The first-order valence-electron chi connectivity index (χ1n) is 14.5. The third-order valence-electron chi connectivity index (χ3n) is 8.90. The van der Waals surface area contributed by atoms with Crippen LogP contribution in [0.15, 0.2) is 48.7 Å². The zero-order valence-electron chi connectivity index (χ0n) is 23.2. The highest BCUT2D eigenvalue weighted by Crippen LogP contribution is 2.48. The van der Waals surface area contributed by atoms with Gasteiger partial charge in [-0.05, 0) is 97.3 Å². The molecule has 7 heteroatoms. The zero-order chi connectivity index (χ0) is 27.8. The van der Waals surface area contributed by atoms with Gasteiger partial charge in [-0.25, -0.2) is 9.37 Å². The number of fused-ring (bicyclic) bond motifs is 1. The minimum Gasteiger partial charge on any atom is -0.485 e. The van der Waals surface area contributed by atoms with E-state index in [-0.39, 0.29) is 17.8 Å². The number of halogens is 1.